The summed E-state index contributed by atoms with van der Waals surface area (Å²) in [5.74, 6) is 0.638. The molecular formula is C26H30FN3O6S. The summed E-state index contributed by atoms with van der Waals surface area (Å²) in [4.78, 5) is 23.3. The van der Waals surface area contributed by atoms with Crippen LogP contribution in [0, 0.1) is 39.1 Å². The van der Waals surface area contributed by atoms with E-state index in [0.717, 1.165) is 43.5 Å². The molecule has 4 fully saturated rings. The minimum absolute atomic E-state index is 0.00467. The molecule has 4 aliphatic rings. The molecule has 0 aliphatic heterocycles. The smallest absolute Gasteiger partial charge is 0.271 e. The number of hydrogen-bond donors (Lipinski definition) is 2. The van der Waals surface area contributed by atoms with Crippen molar-refractivity contribution in [3.63, 3.8) is 0 Å². The van der Waals surface area contributed by atoms with E-state index in [1.54, 1.807) is 0 Å². The predicted molar refractivity (Wildman–Crippen MR) is 134 cm³/mol. The van der Waals surface area contributed by atoms with Gasteiger partial charge in [-0.05, 0) is 92.9 Å². The van der Waals surface area contributed by atoms with E-state index in [1.165, 1.54) is 38.5 Å². The summed E-state index contributed by atoms with van der Waals surface area (Å²) in [7, 11) is -3.03. The molecule has 2 N–H and O–H groups in total. The van der Waals surface area contributed by atoms with Gasteiger partial charge in [0, 0.05) is 18.2 Å². The number of anilines is 1. The lowest BCUT2D eigenvalue weighted by Gasteiger charge is -2.59. The summed E-state index contributed by atoms with van der Waals surface area (Å²) < 4.78 is 48.3. The Kier molecular flexibility index (Phi) is 6.37. The second kappa shape index (κ2) is 9.27. The van der Waals surface area contributed by atoms with Crippen molar-refractivity contribution >= 4 is 27.3 Å². The zero-order valence-electron chi connectivity index (χ0n) is 20.7. The first-order valence-electron chi connectivity index (χ1n) is 12.5. The fourth-order valence-electron chi connectivity index (χ4n) is 7.07. The van der Waals surface area contributed by atoms with Crippen LogP contribution in [0.15, 0.2) is 41.3 Å². The third-order valence-corrected chi connectivity index (χ3v) is 9.85. The van der Waals surface area contributed by atoms with Gasteiger partial charge in [-0.15, -0.1) is 0 Å². The van der Waals surface area contributed by atoms with Gasteiger partial charge in [0.25, 0.3) is 21.6 Å². The van der Waals surface area contributed by atoms with Crippen LogP contribution < -0.4 is 14.8 Å². The molecule has 1 amide bonds. The molecule has 9 nitrogen and oxygen atoms in total. The number of nitro benzene ring substituents is 1. The van der Waals surface area contributed by atoms with Gasteiger partial charge in [-0.2, -0.15) is 0 Å². The number of carbonyl (C=O) groups excluding carboxylic acids is 1. The van der Waals surface area contributed by atoms with Gasteiger partial charge in [0.1, 0.15) is 11.6 Å². The van der Waals surface area contributed by atoms with Crippen molar-refractivity contribution in [2.45, 2.75) is 56.4 Å². The summed E-state index contributed by atoms with van der Waals surface area (Å²) in [6.07, 6.45) is 6.97. The molecule has 0 unspecified atom stereocenters. The first-order chi connectivity index (χ1) is 17.5. The molecule has 2 aromatic rings. The Bertz CT molecular complexity index is 1330. The van der Waals surface area contributed by atoms with E-state index in [2.05, 4.69) is 10.0 Å². The number of sulfonamides is 1. The second-order valence-electron chi connectivity index (χ2n) is 10.9. The number of halogens is 1. The molecule has 0 spiro atoms. The van der Waals surface area contributed by atoms with Crippen molar-refractivity contribution in [3.05, 3.63) is 57.9 Å². The number of nitrogens with one attached hydrogen (secondary N) is 2. The normalized spacial score (nSPS) is 26.9. The minimum atomic E-state index is -4.33. The van der Waals surface area contributed by atoms with Crippen molar-refractivity contribution in [3.8, 4) is 5.75 Å². The maximum atomic E-state index is 14.7. The van der Waals surface area contributed by atoms with Crippen LogP contribution in [0.5, 0.6) is 5.75 Å². The van der Waals surface area contributed by atoms with E-state index in [0.29, 0.717) is 17.8 Å². The predicted octanol–water partition coefficient (Wildman–Crippen LogP) is 4.88. The SMILES string of the molecule is COc1ccc([N+](=O)[O-])cc1NS(=O)(=O)c1ccc(F)c(C(=O)N[C@H](C)C23CC4CC(CC(C4)C2)C3)c1. The first kappa shape index (κ1) is 25.4. The number of benzene rings is 2. The molecule has 0 saturated heterocycles. The average molecular weight is 532 g/mol. The van der Waals surface area contributed by atoms with Gasteiger partial charge < -0.3 is 10.1 Å². The summed E-state index contributed by atoms with van der Waals surface area (Å²) in [5.41, 5.74) is -0.852. The van der Waals surface area contributed by atoms with Crippen LogP contribution in [0.1, 0.15) is 55.8 Å². The van der Waals surface area contributed by atoms with E-state index in [1.807, 2.05) is 6.92 Å². The van der Waals surface area contributed by atoms with Crippen LogP contribution in [0.3, 0.4) is 0 Å². The molecule has 0 radical (unpaired) electrons. The molecule has 2 aromatic carbocycles. The van der Waals surface area contributed by atoms with Gasteiger partial charge in [0.15, 0.2) is 0 Å². The Labute approximate surface area is 215 Å². The summed E-state index contributed by atoms with van der Waals surface area (Å²) in [5, 5.41) is 14.1. The fourth-order valence-corrected chi connectivity index (χ4v) is 8.16. The molecule has 1 atom stereocenters. The zero-order chi connectivity index (χ0) is 26.5. The molecule has 0 heterocycles. The summed E-state index contributed by atoms with van der Waals surface area (Å²) in [6, 6.07) is 6.28. The quantitative estimate of drug-likeness (QED) is 0.369. The standard InChI is InChI=1S/C26H30FN3O6S/c1-15(26-12-16-7-17(13-26)9-18(8-16)14-26)28-25(31)21-11-20(4-5-22(21)27)37(34,35)29-23-10-19(30(32)33)3-6-24(23)36-2/h3-6,10-11,15-18,29H,7-9,12-14H2,1-2H3,(H,28,31)/t15-,16?,17?,18?,26?/m1/s1. The summed E-state index contributed by atoms with van der Waals surface area (Å²) >= 11 is 0. The molecule has 4 bridgehead atoms. The minimum Gasteiger partial charge on any atom is -0.495 e. The fraction of sp³-hybridized carbons (Fsp3) is 0.500. The van der Waals surface area contributed by atoms with Gasteiger partial charge in [-0.1, -0.05) is 0 Å². The molecule has 37 heavy (non-hydrogen) atoms. The maximum Gasteiger partial charge on any atom is 0.271 e. The Hall–Kier alpha value is -3.21. The van der Waals surface area contributed by atoms with Gasteiger partial charge in [-0.3, -0.25) is 19.6 Å². The lowest BCUT2D eigenvalue weighted by Crippen LogP contribution is -2.55. The highest BCUT2D eigenvalue weighted by atomic mass is 32.2. The van der Waals surface area contributed by atoms with Crippen molar-refractivity contribution in [1.82, 2.24) is 5.32 Å². The number of methoxy groups -OCH3 is 1. The maximum absolute atomic E-state index is 14.7. The van der Waals surface area contributed by atoms with Crippen LogP contribution in [0.25, 0.3) is 0 Å². The topological polar surface area (TPSA) is 128 Å². The molecule has 0 aromatic heterocycles. The van der Waals surface area contributed by atoms with Crippen molar-refractivity contribution in [2.75, 3.05) is 11.8 Å². The Morgan fingerprint density at radius 2 is 1.73 bits per heavy atom. The number of nitro groups is 1. The summed E-state index contributed by atoms with van der Waals surface area (Å²) in [6.45, 7) is 1.97. The zero-order valence-corrected chi connectivity index (χ0v) is 21.5. The lowest BCUT2D eigenvalue weighted by molar-refractivity contribution is -0.384. The van der Waals surface area contributed by atoms with Crippen LogP contribution in [0.2, 0.25) is 0 Å². The molecule has 11 heteroatoms. The number of non-ortho nitro benzene ring substituents is 1. The van der Waals surface area contributed by atoms with Gasteiger partial charge in [-0.25, -0.2) is 12.8 Å². The van der Waals surface area contributed by atoms with Crippen LogP contribution in [0.4, 0.5) is 15.8 Å². The largest absolute Gasteiger partial charge is 0.495 e. The Morgan fingerprint density at radius 1 is 1.11 bits per heavy atom. The van der Waals surface area contributed by atoms with E-state index >= 15 is 0 Å². The number of amides is 1. The van der Waals surface area contributed by atoms with Crippen molar-refractivity contribution < 1.29 is 27.3 Å². The first-order valence-corrected chi connectivity index (χ1v) is 13.9. The van der Waals surface area contributed by atoms with Gasteiger partial charge >= 0.3 is 0 Å². The number of ether oxygens (including phenoxy) is 1. The molecule has 4 aliphatic carbocycles. The molecule has 198 valence electrons. The third kappa shape index (κ3) is 4.76. The highest BCUT2D eigenvalue weighted by molar-refractivity contribution is 7.92. The second-order valence-corrected chi connectivity index (χ2v) is 12.5. The monoisotopic (exact) mass is 531 g/mol. The van der Waals surface area contributed by atoms with E-state index < -0.39 is 26.7 Å². The van der Waals surface area contributed by atoms with Crippen LogP contribution >= 0.6 is 0 Å². The van der Waals surface area contributed by atoms with Crippen LogP contribution in [-0.2, 0) is 10.0 Å². The van der Waals surface area contributed by atoms with Crippen molar-refractivity contribution in [2.24, 2.45) is 23.2 Å². The van der Waals surface area contributed by atoms with Crippen molar-refractivity contribution in [1.29, 1.82) is 0 Å². The third-order valence-electron chi connectivity index (χ3n) is 8.48. The number of nitrogens with zero attached hydrogens (tertiary/aromatic N) is 1. The molecule has 4 saturated carbocycles. The van der Waals surface area contributed by atoms with E-state index in [-0.39, 0.29) is 39.0 Å². The van der Waals surface area contributed by atoms with Gasteiger partial charge in [0.2, 0.25) is 0 Å². The Balaban J connectivity index is 1.37. The lowest BCUT2D eigenvalue weighted by atomic mass is 9.48. The van der Waals surface area contributed by atoms with E-state index in [9.17, 15) is 27.7 Å². The molecule has 6 rings (SSSR count). The van der Waals surface area contributed by atoms with Gasteiger partial charge in [0.05, 0.1) is 28.2 Å². The Morgan fingerprint density at radius 3 is 2.30 bits per heavy atom. The number of rotatable bonds is 8. The highest BCUT2D eigenvalue weighted by Crippen LogP contribution is 2.61. The average Bonchev–Trinajstić information content (AvgIpc) is 2.83. The molecular weight excluding hydrogens is 501 g/mol. The van der Waals surface area contributed by atoms with E-state index in [4.69, 9.17) is 4.74 Å². The number of carbonyl (C=O) groups is 1. The highest BCUT2D eigenvalue weighted by Gasteiger charge is 2.53. The van der Waals surface area contributed by atoms with Crippen LogP contribution in [-0.4, -0.2) is 32.4 Å². The number of hydrogen-bond acceptors (Lipinski definition) is 6.